The fourth-order valence-electron chi connectivity index (χ4n) is 2.74. The first-order chi connectivity index (χ1) is 10.1. The molecule has 116 valence electrons. The Hall–Kier alpha value is -0.980. The van der Waals surface area contributed by atoms with Crippen molar-refractivity contribution in [2.45, 2.75) is 26.3 Å². The lowest BCUT2D eigenvalue weighted by Gasteiger charge is -2.31. The van der Waals surface area contributed by atoms with Crippen molar-refractivity contribution in [3.63, 3.8) is 0 Å². The molecule has 1 N–H and O–H groups in total. The molecule has 1 aliphatic rings. The van der Waals surface area contributed by atoms with E-state index < -0.39 is 0 Å². The Bertz CT molecular complexity index is 488. The molecule has 0 saturated carbocycles. The average Bonchev–Trinajstić information content (AvgIpc) is 2.49. The molecule has 0 amide bonds. The number of hydrogen-bond acceptors (Lipinski definition) is 4. The Morgan fingerprint density at radius 3 is 2.76 bits per heavy atom. The van der Waals surface area contributed by atoms with Crippen LogP contribution in [-0.4, -0.2) is 36.0 Å². The van der Waals surface area contributed by atoms with Crippen LogP contribution in [0, 0.1) is 16.0 Å². The summed E-state index contributed by atoms with van der Waals surface area (Å²) in [5.74, 6) is 0.721. The van der Waals surface area contributed by atoms with E-state index in [4.69, 9.17) is 0 Å². The van der Waals surface area contributed by atoms with Gasteiger partial charge in [0, 0.05) is 12.6 Å². The zero-order valence-electron chi connectivity index (χ0n) is 12.3. The van der Waals surface area contributed by atoms with E-state index in [1.807, 2.05) is 6.07 Å². The first-order valence-corrected chi connectivity index (χ1v) is 8.25. The second kappa shape index (κ2) is 7.87. The van der Waals surface area contributed by atoms with E-state index in [2.05, 4.69) is 33.1 Å². The number of hydrogen-bond donors (Lipinski definition) is 1. The fourth-order valence-corrected chi connectivity index (χ4v) is 3.13. The SMILES string of the molecule is CCN1CCC(CNCc2ccc(Br)c([N+](=O)[O-])c2)CC1. The molecule has 1 aliphatic heterocycles. The minimum atomic E-state index is -0.353. The zero-order valence-corrected chi connectivity index (χ0v) is 13.9. The van der Waals surface area contributed by atoms with E-state index in [9.17, 15) is 10.1 Å². The molecule has 1 fully saturated rings. The van der Waals surface area contributed by atoms with Gasteiger partial charge in [-0.25, -0.2) is 0 Å². The molecule has 0 atom stereocenters. The zero-order chi connectivity index (χ0) is 15.2. The topological polar surface area (TPSA) is 58.4 Å². The largest absolute Gasteiger partial charge is 0.312 e. The number of benzene rings is 1. The molecular weight excluding hydrogens is 334 g/mol. The van der Waals surface area contributed by atoms with Crippen LogP contribution in [0.1, 0.15) is 25.3 Å². The Morgan fingerprint density at radius 1 is 1.43 bits per heavy atom. The summed E-state index contributed by atoms with van der Waals surface area (Å²) in [6.07, 6.45) is 2.47. The summed E-state index contributed by atoms with van der Waals surface area (Å²) in [4.78, 5) is 13.0. The van der Waals surface area contributed by atoms with Crippen LogP contribution in [0.15, 0.2) is 22.7 Å². The van der Waals surface area contributed by atoms with Crippen LogP contribution < -0.4 is 5.32 Å². The molecule has 0 bridgehead atoms. The molecule has 1 aromatic rings. The number of halogens is 1. The predicted octanol–water partition coefficient (Wildman–Crippen LogP) is 3.18. The maximum absolute atomic E-state index is 10.9. The molecule has 0 spiro atoms. The molecule has 6 heteroatoms. The van der Waals surface area contributed by atoms with Gasteiger partial charge >= 0.3 is 0 Å². The monoisotopic (exact) mass is 355 g/mol. The summed E-state index contributed by atoms with van der Waals surface area (Å²) in [6.45, 7) is 7.39. The highest BCUT2D eigenvalue weighted by Crippen LogP contribution is 2.25. The summed E-state index contributed by atoms with van der Waals surface area (Å²) in [7, 11) is 0. The van der Waals surface area contributed by atoms with E-state index >= 15 is 0 Å². The molecule has 0 unspecified atom stereocenters. The van der Waals surface area contributed by atoms with Crippen molar-refractivity contribution in [2.24, 2.45) is 5.92 Å². The summed E-state index contributed by atoms with van der Waals surface area (Å²) < 4.78 is 0.531. The normalized spacial score (nSPS) is 17.0. The number of nitrogens with one attached hydrogen (secondary N) is 1. The van der Waals surface area contributed by atoms with Gasteiger partial charge in [-0.05, 0) is 72.5 Å². The van der Waals surface area contributed by atoms with Crippen LogP contribution in [-0.2, 0) is 6.54 Å². The van der Waals surface area contributed by atoms with E-state index in [-0.39, 0.29) is 10.6 Å². The molecule has 21 heavy (non-hydrogen) atoms. The first-order valence-electron chi connectivity index (χ1n) is 7.46. The van der Waals surface area contributed by atoms with Gasteiger partial charge in [0.15, 0.2) is 0 Å². The highest BCUT2D eigenvalue weighted by Gasteiger charge is 2.17. The second-order valence-electron chi connectivity index (χ2n) is 5.55. The summed E-state index contributed by atoms with van der Waals surface area (Å²) in [6, 6.07) is 5.30. The smallest absolute Gasteiger partial charge is 0.283 e. The van der Waals surface area contributed by atoms with Crippen molar-refractivity contribution in [3.05, 3.63) is 38.3 Å². The number of nitro benzene ring substituents is 1. The Labute approximate surface area is 134 Å². The van der Waals surface area contributed by atoms with Gasteiger partial charge in [-0.15, -0.1) is 0 Å². The first kappa shape index (κ1) is 16.4. The number of rotatable bonds is 6. The van der Waals surface area contributed by atoms with Crippen LogP contribution >= 0.6 is 15.9 Å². The summed E-state index contributed by atoms with van der Waals surface area (Å²) in [5.41, 5.74) is 1.08. The van der Waals surface area contributed by atoms with Gasteiger partial charge in [-0.1, -0.05) is 13.0 Å². The Kier molecular flexibility index (Phi) is 6.14. The van der Waals surface area contributed by atoms with Crippen molar-refractivity contribution in [3.8, 4) is 0 Å². The Morgan fingerprint density at radius 2 is 2.14 bits per heavy atom. The van der Waals surface area contributed by atoms with Crippen LogP contribution in [0.3, 0.4) is 0 Å². The molecular formula is C15H22BrN3O2. The second-order valence-corrected chi connectivity index (χ2v) is 6.41. The minimum absolute atomic E-state index is 0.130. The van der Waals surface area contributed by atoms with Gasteiger partial charge in [0.2, 0.25) is 0 Å². The number of piperidine rings is 1. The molecule has 1 aromatic carbocycles. The molecule has 2 rings (SSSR count). The average molecular weight is 356 g/mol. The molecule has 0 radical (unpaired) electrons. The quantitative estimate of drug-likeness (QED) is 0.628. The minimum Gasteiger partial charge on any atom is -0.312 e. The molecule has 5 nitrogen and oxygen atoms in total. The highest BCUT2D eigenvalue weighted by atomic mass is 79.9. The van der Waals surface area contributed by atoms with Crippen molar-refractivity contribution in [1.29, 1.82) is 0 Å². The van der Waals surface area contributed by atoms with Crippen molar-refractivity contribution >= 4 is 21.6 Å². The summed E-state index contributed by atoms with van der Waals surface area (Å²) >= 11 is 3.21. The van der Waals surface area contributed by atoms with Gasteiger partial charge in [0.25, 0.3) is 5.69 Å². The van der Waals surface area contributed by atoms with Crippen LogP contribution in [0.4, 0.5) is 5.69 Å². The third-order valence-corrected chi connectivity index (χ3v) is 4.79. The molecule has 0 aromatic heterocycles. The summed E-state index contributed by atoms with van der Waals surface area (Å²) in [5, 5.41) is 14.3. The van der Waals surface area contributed by atoms with E-state index in [1.54, 1.807) is 12.1 Å². The molecule has 0 aliphatic carbocycles. The van der Waals surface area contributed by atoms with Crippen molar-refractivity contribution < 1.29 is 4.92 Å². The van der Waals surface area contributed by atoms with Crippen molar-refractivity contribution in [1.82, 2.24) is 10.2 Å². The van der Waals surface area contributed by atoms with Crippen LogP contribution in [0.2, 0.25) is 0 Å². The van der Waals surface area contributed by atoms with Gasteiger partial charge in [0.1, 0.15) is 0 Å². The maximum atomic E-state index is 10.9. The van der Waals surface area contributed by atoms with Gasteiger partial charge in [-0.3, -0.25) is 10.1 Å². The van der Waals surface area contributed by atoms with Gasteiger partial charge < -0.3 is 10.2 Å². The number of nitro groups is 1. The highest BCUT2D eigenvalue weighted by molar-refractivity contribution is 9.10. The lowest BCUT2D eigenvalue weighted by atomic mass is 9.97. The molecule has 1 heterocycles. The predicted molar refractivity (Wildman–Crippen MR) is 87.3 cm³/mol. The Balaban J connectivity index is 1.79. The van der Waals surface area contributed by atoms with E-state index in [0.717, 1.165) is 24.6 Å². The number of nitrogens with zero attached hydrogens (tertiary/aromatic N) is 2. The van der Waals surface area contributed by atoms with Crippen LogP contribution in [0.5, 0.6) is 0 Å². The third-order valence-electron chi connectivity index (χ3n) is 4.12. The fraction of sp³-hybridized carbons (Fsp3) is 0.600. The standard InChI is InChI=1S/C15H22BrN3O2/c1-2-18-7-5-12(6-8-18)10-17-11-13-3-4-14(16)15(9-13)19(20)21/h3-4,9,12,17H,2,5-8,10-11H2,1H3. The van der Waals surface area contributed by atoms with Crippen LogP contribution in [0.25, 0.3) is 0 Å². The van der Waals surface area contributed by atoms with Crippen molar-refractivity contribution in [2.75, 3.05) is 26.2 Å². The number of likely N-dealkylation sites (tertiary alicyclic amines) is 1. The van der Waals surface area contributed by atoms with Gasteiger partial charge in [-0.2, -0.15) is 0 Å². The third kappa shape index (κ3) is 4.76. The van der Waals surface area contributed by atoms with E-state index in [0.29, 0.717) is 11.0 Å². The maximum Gasteiger partial charge on any atom is 0.283 e. The lowest BCUT2D eigenvalue weighted by Crippen LogP contribution is -2.36. The lowest BCUT2D eigenvalue weighted by molar-refractivity contribution is -0.385. The van der Waals surface area contributed by atoms with Gasteiger partial charge in [0.05, 0.1) is 9.40 Å². The molecule has 1 saturated heterocycles. The van der Waals surface area contributed by atoms with E-state index in [1.165, 1.54) is 25.9 Å².